The number of rotatable bonds is 4. The van der Waals surface area contributed by atoms with Crippen LogP contribution in [0.15, 0.2) is 24.3 Å². The highest BCUT2D eigenvalue weighted by Gasteiger charge is 2.06. The van der Waals surface area contributed by atoms with E-state index in [1.807, 2.05) is 6.92 Å². The summed E-state index contributed by atoms with van der Waals surface area (Å²) in [4.78, 5) is 11.6. The standard InChI is InChI=1S/C11H12O2S2/c1-8(14)15-7-11(12)9-3-5-10(13-2)6-4-9/h3-6H,7H2,1-2H3. The second-order valence-electron chi connectivity index (χ2n) is 2.93. The molecule has 0 aliphatic rings. The summed E-state index contributed by atoms with van der Waals surface area (Å²) in [5.74, 6) is 1.25. The van der Waals surface area contributed by atoms with Crippen molar-refractivity contribution in [1.82, 2.24) is 0 Å². The number of carbonyl (C=O) groups excluding carboxylic acids is 1. The Morgan fingerprint density at radius 2 is 2.00 bits per heavy atom. The van der Waals surface area contributed by atoms with Gasteiger partial charge in [0, 0.05) is 9.76 Å². The summed E-state index contributed by atoms with van der Waals surface area (Å²) in [5.41, 5.74) is 0.694. The zero-order valence-corrected chi connectivity index (χ0v) is 10.3. The molecule has 0 unspecified atom stereocenters. The van der Waals surface area contributed by atoms with Gasteiger partial charge in [0.15, 0.2) is 5.78 Å². The van der Waals surface area contributed by atoms with Crippen LogP contribution in [0.1, 0.15) is 17.3 Å². The molecule has 0 heterocycles. The minimum Gasteiger partial charge on any atom is -0.497 e. The van der Waals surface area contributed by atoms with Crippen molar-refractivity contribution < 1.29 is 9.53 Å². The SMILES string of the molecule is COc1ccc(C(=O)CSC(C)=S)cc1. The first-order valence-corrected chi connectivity index (χ1v) is 5.83. The quantitative estimate of drug-likeness (QED) is 0.597. The monoisotopic (exact) mass is 240 g/mol. The van der Waals surface area contributed by atoms with Gasteiger partial charge in [0.1, 0.15) is 5.75 Å². The second-order valence-corrected chi connectivity index (χ2v) is 4.99. The lowest BCUT2D eigenvalue weighted by atomic mass is 10.1. The van der Waals surface area contributed by atoms with Crippen molar-refractivity contribution in [3.8, 4) is 5.75 Å². The minimum atomic E-state index is 0.0897. The molecule has 0 aliphatic heterocycles. The third-order valence-electron chi connectivity index (χ3n) is 1.82. The van der Waals surface area contributed by atoms with E-state index >= 15 is 0 Å². The molecule has 0 saturated heterocycles. The molecule has 0 radical (unpaired) electrons. The van der Waals surface area contributed by atoms with Gasteiger partial charge in [-0.1, -0.05) is 12.2 Å². The molecular formula is C11H12O2S2. The van der Waals surface area contributed by atoms with Gasteiger partial charge in [-0.3, -0.25) is 4.79 Å². The van der Waals surface area contributed by atoms with E-state index < -0.39 is 0 Å². The topological polar surface area (TPSA) is 26.3 Å². The van der Waals surface area contributed by atoms with Crippen molar-refractivity contribution in [2.75, 3.05) is 12.9 Å². The molecule has 0 fully saturated rings. The Hall–Kier alpha value is -0.870. The van der Waals surface area contributed by atoms with Crippen molar-refractivity contribution in [1.29, 1.82) is 0 Å². The van der Waals surface area contributed by atoms with Crippen LogP contribution in [0.25, 0.3) is 0 Å². The molecule has 0 N–H and O–H groups in total. The highest BCUT2D eigenvalue weighted by atomic mass is 32.2. The summed E-state index contributed by atoms with van der Waals surface area (Å²) in [6, 6.07) is 7.09. The number of Topliss-reactive ketones (excluding diaryl/α,β-unsaturated/α-hetero) is 1. The van der Waals surface area contributed by atoms with Crippen molar-refractivity contribution >= 4 is 34.0 Å². The number of carbonyl (C=O) groups is 1. The fourth-order valence-electron chi connectivity index (χ4n) is 1.03. The lowest BCUT2D eigenvalue weighted by Gasteiger charge is -2.02. The maximum absolute atomic E-state index is 11.6. The normalized spacial score (nSPS) is 9.73. The highest BCUT2D eigenvalue weighted by molar-refractivity contribution is 8.23. The molecule has 80 valence electrons. The number of thioether (sulfide) groups is 1. The molecular weight excluding hydrogens is 228 g/mol. The maximum atomic E-state index is 11.6. The van der Waals surface area contributed by atoms with E-state index in [0.717, 1.165) is 9.95 Å². The molecule has 0 aromatic heterocycles. The smallest absolute Gasteiger partial charge is 0.173 e. The van der Waals surface area contributed by atoms with Crippen molar-refractivity contribution in [3.63, 3.8) is 0 Å². The Morgan fingerprint density at radius 1 is 1.40 bits per heavy atom. The average Bonchev–Trinajstić information content (AvgIpc) is 2.26. The number of methoxy groups -OCH3 is 1. The molecule has 1 aromatic rings. The summed E-state index contributed by atoms with van der Waals surface area (Å²) < 4.78 is 5.80. The van der Waals surface area contributed by atoms with E-state index in [9.17, 15) is 4.79 Å². The van der Waals surface area contributed by atoms with Gasteiger partial charge in [-0.2, -0.15) is 0 Å². The van der Waals surface area contributed by atoms with Gasteiger partial charge in [0.2, 0.25) is 0 Å². The van der Waals surface area contributed by atoms with E-state index in [4.69, 9.17) is 17.0 Å². The largest absolute Gasteiger partial charge is 0.497 e. The van der Waals surface area contributed by atoms with Gasteiger partial charge in [-0.15, -0.1) is 11.8 Å². The van der Waals surface area contributed by atoms with Crippen LogP contribution in [0.4, 0.5) is 0 Å². The molecule has 0 aliphatic carbocycles. The van der Waals surface area contributed by atoms with Gasteiger partial charge in [-0.05, 0) is 31.2 Å². The Balaban J connectivity index is 2.62. The summed E-state index contributed by atoms with van der Waals surface area (Å²) in [7, 11) is 1.60. The first-order valence-electron chi connectivity index (χ1n) is 4.44. The number of thiocarbonyl (C=S) groups is 1. The van der Waals surface area contributed by atoms with E-state index in [2.05, 4.69) is 0 Å². The van der Waals surface area contributed by atoms with Gasteiger partial charge in [0.25, 0.3) is 0 Å². The number of benzene rings is 1. The van der Waals surface area contributed by atoms with Crippen LogP contribution in [0.3, 0.4) is 0 Å². The van der Waals surface area contributed by atoms with Crippen LogP contribution < -0.4 is 4.74 Å². The average molecular weight is 240 g/mol. The van der Waals surface area contributed by atoms with Crippen molar-refractivity contribution in [2.24, 2.45) is 0 Å². The lowest BCUT2D eigenvalue weighted by Crippen LogP contribution is -2.03. The summed E-state index contributed by atoms with van der Waals surface area (Å²) in [6.45, 7) is 1.82. The van der Waals surface area contributed by atoms with Crippen LogP contribution in [0, 0.1) is 0 Å². The third kappa shape index (κ3) is 4.01. The van der Waals surface area contributed by atoms with E-state index in [1.54, 1.807) is 31.4 Å². The molecule has 0 spiro atoms. The van der Waals surface area contributed by atoms with E-state index in [1.165, 1.54) is 11.8 Å². The predicted molar refractivity (Wildman–Crippen MR) is 68.1 cm³/mol. The van der Waals surface area contributed by atoms with Crippen LogP contribution in [-0.4, -0.2) is 22.8 Å². The summed E-state index contributed by atoms with van der Waals surface area (Å²) in [6.07, 6.45) is 0. The van der Waals surface area contributed by atoms with Gasteiger partial charge in [-0.25, -0.2) is 0 Å². The van der Waals surface area contributed by atoms with Crippen molar-refractivity contribution in [2.45, 2.75) is 6.92 Å². The Morgan fingerprint density at radius 3 is 2.47 bits per heavy atom. The fraction of sp³-hybridized carbons (Fsp3) is 0.273. The van der Waals surface area contributed by atoms with Crippen LogP contribution >= 0.6 is 24.0 Å². The molecule has 1 rings (SSSR count). The zero-order chi connectivity index (χ0) is 11.3. The van der Waals surface area contributed by atoms with E-state index in [-0.39, 0.29) is 5.78 Å². The van der Waals surface area contributed by atoms with Crippen molar-refractivity contribution in [3.05, 3.63) is 29.8 Å². The first-order chi connectivity index (χ1) is 7.13. The number of ether oxygens (including phenoxy) is 1. The van der Waals surface area contributed by atoms with Gasteiger partial charge in [0.05, 0.1) is 12.9 Å². The number of hydrogen-bond acceptors (Lipinski definition) is 4. The molecule has 0 amide bonds. The van der Waals surface area contributed by atoms with Crippen LogP contribution in [-0.2, 0) is 0 Å². The van der Waals surface area contributed by atoms with Crippen LogP contribution in [0.5, 0.6) is 5.75 Å². The Kier molecular flexibility index (Phi) is 4.78. The third-order valence-corrected chi connectivity index (χ3v) is 2.99. The summed E-state index contributed by atoms with van der Waals surface area (Å²) in [5, 5.41) is 0. The minimum absolute atomic E-state index is 0.0897. The predicted octanol–water partition coefficient (Wildman–Crippen LogP) is 2.96. The fourth-order valence-corrected chi connectivity index (χ4v) is 1.71. The Bertz CT molecular complexity index is 357. The molecule has 0 saturated carbocycles. The van der Waals surface area contributed by atoms with Crippen LogP contribution in [0.2, 0.25) is 0 Å². The molecule has 0 bridgehead atoms. The Labute approximate surface area is 99.0 Å². The van der Waals surface area contributed by atoms with E-state index in [0.29, 0.717) is 11.3 Å². The molecule has 1 aromatic carbocycles. The lowest BCUT2D eigenvalue weighted by molar-refractivity contribution is 0.102. The molecule has 15 heavy (non-hydrogen) atoms. The number of hydrogen-bond donors (Lipinski definition) is 0. The van der Waals surface area contributed by atoms with Gasteiger partial charge < -0.3 is 4.74 Å². The maximum Gasteiger partial charge on any atom is 0.173 e. The molecule has 4 heteroatoms. The van der Waals surface area contributed by atoms with Gasteiger partial charge >= 0.3 is 0 Å². The number of ketones is 1. The highest BCUT2D eigenvalue weighted by Crippen LogP contribution is 2.14. The first kappa shape index (κ1) is 12.2. The molecule has 2 nitrogen and oxygen atoms in total. The molecule has 0 atom stereocenters. The zero-order valence-electron chi connectivity index (χ0n) is 8.65. The summed E-state index contributed by atoms with van der Waals surface area (Å²) >= 11 is 6.29. The second kappa shape index (κ2) is 5.88.